The van der Waals surface area contributed by atoms with Crippen LogP contribution in [0.5, 0.6) is 11.5 Å². The van der Waals surface area contributed by atoms with E-state index in [1.54, 1.807) is 13.2 Å². The summed E-state index contributed by atoms with van der Waals surface area (Å²) < 4.78 is 18.6. The molecule has 1 aromatic carbocycles. The standard InChI is InChI=1S/C26H32N2O6/c1-15-9-16(2)23(33-4)14-21(15)25(29)24(34-19-7-5-6-8-19)11-17-10-18-12-20(32-3)13-22(26(30)31)28(18)27-17/h9-10,12-14,19,24-25,29H,5-8,11H2,1-4H3,(H,30,31). The minimum Gasteiger partial charge on any atom is -0.497 e. The Morgan fingerprint density at radius 3 is 2.47 bits per heavy atom. The molecule has 2 aromatic heterocycles. The van der Waals surface area contributed by atoms with Gasteiger partial charge in [-0.2, -0.15) is 5.10 Å². The van der Waals surface area contributed by atoms with Gasteiger partial charge in [-0.3, -0.25) is 0 Å². The third-order valence-electron chi connectivity index (χ3n) is 6.57. The second-order valence-corrected chi connectivity index (χ2v) is 8.97. The average molecular weight is 469 g/mol. The molecule has 2 atom stereocenters. The molecule has 1 fully saturated rings. The van der Waals surface area contributed by atoms with Crippen LogP contribution in [-0.4, -0.2) is 52.2 Å². The van der Waals surface area contributed by atoms with Crippen LogP contribution in [0.2, 0.25) is 0 Å². The van der Waals surface area contributed by atoms with E-state index in [4.69, 9.17) is 14.2 Å². The predicted octanol–water partition coefficient (Wildman–Crippen LogP) is 4.27. The molecule has 2 N–H and O–H groups in total. The minimum atomic E-state index is -1.10. The van der Waals surface area contributed by atoms with E-state index in [0.29, 0.717) is 29.1 Å². The Hall–Kier alpha value is -3.10. The lowest BCUT2D eigenvalue weighted by Gasteiger charge is -2.28. The summed E-state index contributed by atoms with van der Waals surface area (Å²) in [5.41, 5.74) is 3.96. The summed E-state index contributed by atoms with van der Waals surface area (Å²) in [6.45, 7) is 3.94. The quantitative estimate of drug-likeness (QED) is 0.483. The van der Waals surface area contributed by atoms with Crippen LogP contribution in [-0.2, 0) is 11.2 Å². The molecule has 3 aromatic rings. The van der Waals surface area contributed by atoms with Gasteiger partial charge in [0.05, 0.1) is 37.6 Å². The van der Waals surface area contributed by atoms with Crippen molar-refractivity contribution in [1.82, 2.24) is 9.61 Å². The number of ether oxygens (including phenoxy) is 3. The number of carbonyl (C=O) groups is 1. The molecular weight excluding hydrogens is 436 g/mol. The van der Waals surface area contributed by atoms with Crippen molar-refractivity contribution in [3.63, 3.8) is 0 Å². The van der Waals surface area contributed by atoms with Crippen LogP contribution in [0.15, 0.2) is 30.3 Å². The number of hydrogen-bond acceptors (Lipinski definition) is 6. The van der Waals surface area contributed by atoms with Crippen molar-refractivity contribution < 1.29 is 29.2 Å². The number of aromatic nitrogens is 2. The van der Waals surface area contributed by atoms with E-state index in [1.165, 1.54) is 17.7 Å². The molecule has 1 saturated carbocycles. The van der Waals surface area contributed by atoms with E-state index in [1.807, 2.05) is 32.0 Å². The molecule has 8 heteroatoms. The topological polar surface area (TPSA) is 103 Å². The fourth-order valence-electron chi connectivity index (χ4n) is 4.79. The first-order valence-corrected chi connectivity index (χ1v) is 11.6. The second kappa shape index (κ2) is 10.0. The molecule has 0 radical (unpaired) electrons. The molecular formula is C26H32N2O6. The van der Waals surface area contributed by atoms with Gasteiger partial charge in [-0.1, -0.05) is 18.9 Å². The van der Waals surface area contributed by atoms with Crippen molar-refractivity contribution >= 4 is 11.5 Å². The van der Waals surface area contributed by atoms with Gasteiger partial charge in [0.15, 0.2) is 5.69 Å². The number of fused-ring (bicyclic) bond motifs is 1. The molecule has 2 unspecified atom stereocenters. The van der Waals surface area contributed by atoms with E-state index < -0.39 is 18.2 Å². The molecule has 0 spiro atoms. The summed E-state index contributed by atoms with van der Waals surface area (Å²) in [5, 5.41) is 25.6. The number of carboxylic acid groups (broad SMARTS) is 1. The number of rotatable bonds is 9. The maximum Gasteiger partial charge on any atom is 0.354 e. The number of carboxylic acids is 1. The van der Waals surface area contributed by atoms with Crippen LogP contribution in [0.4, 0.5) is 0 Å². The number of pyridine rings is 1. The first-order valence-electron chi connectivity index (χ1n) is 11.6. The number of nitrogens with zero attached hydrogens (tertiary/aromatic N) is 2. The Labute approximate surface area is 199 Å². The van der Waals surface area contributed by atoms with Crippen molar-refractivity contribution in [3.8, 4) is 11.5 Å². The zero-order valence-electron chi connectivity index (χ0n) is 20.1. The van der Waals surface area contributed by atoms with Gasteiger partial charge >= 0.3 is 5.97 Å². The third-order valence-corrected chi connectivity index (χ3v) is 6.57. The number of benzene rings is 1. The number of methoxy groups -OCH3 is 2. The minimum absolute atomic E-state index is 0.00789. The Balaban J connectivity index is 1.70. The largest absolute Gasteiger partial charge is 0.497 e. The highest BCUT2D eigenvalue weighted by molar-refractivity contribution is 5.87. The van der Waals surface area contributed by atoms with Crippen LogP contribution >= 0.6 is 0 Å². The maximum atomic E-state index is 11.8. The van der Waals surface area contributed by atoms with Crippen LogP contribution in [0.1, 0.15) is 64.7 Å². The summed E-state index contributed by atoms with van der Waals surface area (Å²) in [7, 11) is 3.11. The molecule has 0 saturated heterocycles. The Morgan fingerprint density at radius 1 is 1.09 bits per heavy atom. The van der Waals surface area contributed by atoms with Crippen LogP contribution < -0.4 is 9.47 Å². The highest BCUT2D eigenvalue weighted by Gasteiger charge is 2.30. The zero-order chi connectivity index (χ0) is 24.4. The summed E-state index contributed by atoms with van der Waals surface area (Å²) >= 11 is 0. The van der Waals surface area contributed by atoms with Gasteiger partial charge in [0, 0.05) is 18.6 Å². The number of aliphatic hydroxyl groups is 1. The number of aryl methyl sites for hydroxylation is 2. The summed E-state index contributed by atoms with van der Waals surface area (Å²) in [6, 6.07) is 8.86. The van der Waals surface area contributed by atoms with Gasteiger partial charge in [-0.25, -0.2) is 9.31 Å². The predicted molar refractivity (Wildman–Crippen MR) is 127 cm³/mol. The highest BCUT2D eigenvalue weighted by atomic mass is 16.5. The smallest absolute Gasteiger partial charge is 0.354 e. The van der Waals surface area contributed by atoms with Gasteiger partial charge in [-0.15, -0.1) is 0 Å². The van der Waals surface area contributed by atoms with Crippen molar-refractivity contribution in [2.24, 2.45) is 0 Å². The van der Waals surface area contributed by atoms with Crippen LogP contribution in [0, 0.1) is 13.8 Å². The normalized spacial score (nSPS) is 16.0. The van der Waals surface area contributed by atoms with Gasteiger partial charge in [0.1, 0.15) is 17.6 Å². The molecule has 34 heavy (non-hydrogen) atoms. The molecule has 0 bridgehead atoms. The summed E-state index contributed by atoms with van der Waals surface area (Å²) in [5.74, 6) is 0.0578. The lowest BCUT2D eigenvalue weighted by Crippen LogP contribution is -2.29. The van der Waals surface area contributed by atoms with Crippen molar-refractivity contribution in [3.05, 3.63) is 58.4 Å². The zero-order valence-corrected chi connectivity index (χ0v) is 20.1. The lowest BCUT2D eigenvalue weighted by molar-refractivity contribution is -0.0759. The second-order valence-electron chi connectivity index (χ2n) is 8.97. The average Bonchev–Trinajstić information content (AvgIpc) is 3.46. The molecule has 8 nitrogen and oxygen atoms in total. The van der Waals surface area contributed by atoms with Crippen molar-refractivity contribution in [2.45, 2.75) is 64.3 Å². The fraction of sp³-hybridized carbons (Fsp3) is 0.462. The SMILES string of the molecule is COc1cc(C(=O)O)n2nc(CC(OC3CCCC3)C(O)c3cc(OC)c(C)cc3C)cc2c1. The Kier molecular flexibility index (Phi) is 7.09. The molecule has 182 valence electrons. The molecule has 4 rings (SSSR count). The lowest BCUT2D eigenvalue weighted by atomic mass is 9.94. The van der Waals surface area contributed by atoms with Gasteiger partial charge in [-0.05, 0) is 55.5 Å². The first kappa shape index (κ1) is 24.0. The van der Waals surface area contributed by atoms with Crippen LogP contribution in [0.3, 0.4) is 0 Å². The van der Waals surface area contributed by atoms with E-state index in [2.05, 4.69) is 5.10 Å². The van der Waals surface area contributed by atoms with Gasteiger partial charge in [0.2, 0.25) is 0 Å². The van der Waals surface area contributed by atoms with E-state index in [0.717, 1.165) is 42.4 Å². The van der Waals surface area contributed by atoms with Gasteiger partial charge < -0.3 is 24.4 Å². The molecule has 0 amide bonds. The molecule has 1 aliphatic rings. The fourth-order valence-corrected chi connectivity index (χ4v) is 4.79. The monoisotopic (exact) mass is 468 g/mol. The molecule has 1 aliphatic carbocycles. The summed E-state index contributed by atoms with van der Waals surface area (Å²) in [6.07, 6.45) is 3.12. The van der Waals surface area contributed by atoms with Crippen molar-refractivity contribution in [1.29, 1.82) is 0 Å². The van der Waals surface area contributed by atoms with Crippen LogP contribution in [0.25, 0.3) is 5.52 Å². The van der Waals surface area contributed by atoms with E-state index >= 15 is 0 Å². The molecule has 2 heterocycles. The van der Waals surface area contributed by atoms with E-state index in [9.17, 15) is 15.0 Å². The first-order chi connectivity index (χ1) is 16.3. The van der Waals surface area contributed by atoms with Crippen molar-refractivity contribution in [2.75, 3.05) is 14.2 Å². The Morgan fingerprint density at radius 2 is 1.82 bits per heavy atom. The highest BCUT2D eigenvalue weighted by Crippen LogP contribution is 2.33. The summed E-state index contributed by atoms with van der Waals surface area (Å²) in [4.78, 5) is 11.8. The Bertz CT molecular complexity index is 1180. The number of hydrogen-bond donors (Lipinski definition) is 2. The van der Waals surface area contributed by atoms with E-state index in [-0.39, 0.29) is 11.8 Å². The molecule has 0 aliphatic heterocycles. The number of aromatic carboxylic acids is 1. The third kappa shape index (κ3) is 4.88. The van der Waals surface area contributed by atoms with Gasteiger partial charge in [0.25, 0.3) is 0 Å². The number of aliphatic hydroxyl groups excluding tert-OH is 1. The maximum absolute atomic E-state index is 11.8.